The molecular formula is C10H11ClF3NO3. The van der Waals surface area contributed by atoms with E-state index in [-0.39, 0.29) is 24.6 Å². The van der Waals surface area contributed by atoms with Crippen molar-refractivity contribution in [3.8, 4) is 0 Å². The summed E-state index contributed by atoms with van der Waals surface area (Å²) in [5.41, 5.74) is -0.594. The zero-order valence-electron chi connectivity index (χ0n) is 9.51. The summed E-state index contributed by atoms with van der Waals surface area (Å²) in [6, 6.07) is 0. The number of rotatable bonds is 2. The van der Waals surface area contributed by atoms with Gasteiger partial charge in [0.15, 0.2) is 0 Å². The third-order valence-corrected chi connectivity index (χ3v) is 2.75. The van der Waals surface area contributed by atoms with Crippen molar-refractivity contribution in [3.63, 3.8) is 0 Å². The maximum absolute atomic E-state index is 12.3. The molecule has 1 heterocycles. The molecule has 18 heavy (non-hydrogen) atoms. The fourth-order valence-corrected chi connectivity index (χ4v) is 1.71. The van der Waals surface area contributed by atoms with E-state index in [0.29, 0.717) is 0 Å². The molecule has 1 amide bonds. The number of amides is 1. The summed E-state index contributed by atoms with van der Waals surface area (Å²) in [5.74, 6) is -2.01. The van der Waals surface area contributed by atoms with Crippen LogP contribution in [0, 0.1) is 0 Å². The van der Waals surface area contributed by atoms with Crippen LogP contribution in [0.1, 0.15) is 13.3 Å². The summed E-state index contributed by atoms with van der Waals surface area (Å²) in [4.78, 5) is 23.5. The van der Waals surface area contributed by atoms with E-state index in [1.807, 2.05) is 0 Å². The summed E-state index contributed by atoms with van der Waals surface area (Å²) in [6.07, 6.45) is -5.74. The second-order valence-electron chi connectivity index (χ2n) is 3.58. The SMILES string of the molecule is CCOC(=O)N1CCC(Cl)=C(C(=O)C(F)(F)F)C1. The van der Waals surface area contributed by atoms with E-state index < -0.39 is 30.2 Å². The molecule has 0 fully saturated rings. The molecule has 0 radical (unpaired) electrons. The van der Waals surface area contributed by atoms with Gasteiger partial charge in [0.2, 0.25) is 0 Å². The third-order valence-electron chi connectivity index (χ3n) is 2.34. The lowest BCUT2D eigenvalue weighted by Crippen LogP contribution is -2.41. The molecule has 0 unspecified atom stereocenters. The number of ketones is 1. The van der Waals surface area contributed by atoms with E-state index in [0.717, 1.165) is 4.90 Å². The molecule has 0 spiro atoms. The van der Waals surface area contributed by atoms with E-state index in [2.05, 4.69) is 4.74 Å². The van der Waals surface area contributed by atoms with Gasteiger partial charge in [-0.05, 0) is 6.92 Å². The molecule has 1 rings (SSSR count). The first-order valence-electron chi connectivity index (χ1n) is 5.18. The highest BCUT2D eigenvalue weighted by Gasteiger charge is 2.43. The maximum atomic E-state index is 12.3. The Balaban J connectivity index is 2.85. The molecule has 0 atom stereocenters. The Hall–Kier alpha value is -1.24. The molecule has 1 aliphatic heterocycles. The van der Waals surface area contributed by atoms with E-state index in [1.165, 1.54) is 0 Å². The van der Waals surface area contributed by atoms with Crippen LogP contribution in [0.15, 0.2) is 10.6 Å². The monoisotopic (exact) mass is 285 g/mol. The number of ether oxygens (including phenoxy) is 1. The van der Waals surface area contributed by atoms with Crippen LogP contribution in [0.4, 0.5) is 18.0 Å². The predicted octanol–water partition coefficient (Wildman–Crippen LogP) is 2.47. The van der Waals surface area contributed by atoms with Crippen molar-refractivity contribution < 1.29 is 27.5 Å². The van der Waals surface area contributed by atoms with Gasteiger partial charge in [-0.1, -0.05) is 11.6 Å². The average Bonchev–Trinajstić information content (AvgIpc) is 2.27. The molecule has 0 saturated heterocycles. The van der Waals surface area contributed by atoms with E-state index in [4.69, 9.17) is 11.6 Å². The summed E-state index contributed by atoms with van der Waals surface area (Å²) >= 11 is 5.61. The van der Waals surface area contributed by atoms with Crippen molar-refractivity contribution in [3.05, 3.63) is 10.6 Å². The molecule has 0 aromatic carbocycles. The largest absolute Gasteiger partial charge is 0.454 e. The normalized spacial score (nSPS) is 16.8. The van der Waals surface area contributed by atoms with Crippen molar-refractivity contribution in [1.29, 1.82) is 0 Å². The molecule has 1 aliphatic rings. The first-order valence-corrected chi connectivity index (χ1v) is 5.56. The lowest BCUT2D eigenvalue weighted by molar-refractivity contribution is -0.166. The molecule has 0 N–H and O–H groups in total. The zero-order chi connectivity index (χ0) is 13.9. The van der Waals surface area contributed by atoms with Crippen LogP contribution in [-0.2, 0) is 9.53 Å². The highest BCUT2D eigenvalue weighted by atomic mass is 35.5. The highest BCUT2D eigenvalue weighted by molar-refractivity contribution is 6.32. The standard InChI is InChI=1S/C10H11ClF3NO3/c1-2-18-9(17)15-4-3-7(11)6(5-15)8(16)10(12,13)14/h2-5H2,1H3. The summed E-state index contributed by atoms with van der Waals surface area (Å²) in [6.45, 7) is 1.34. The van der Waals surface area contributed by atoms with Gasteiger partial charge < -0.3 is 9.64 Å². The fourth-order valence-electron chi connectivity index (χ4n) is 1.48. The molecule has 0 bridgehead atoms. The van der Waals surface area contributed by atoms with Gasteiger partial charge in [0.05, 0.1) is 13.2 Å². The number of hydrogen-bond acceptors (Lipinski definition) is 3. The van der Waals surface area contributed by atoms with Crippen molar-refractivity contribution in [1.82, 2.24) is 4.90 Å². The molecule has 0 aromatic heterocycles. The molecule has 0 aromatic rings. The van der Waals surface area contributed by atoms with Gasteiger partial charge >= 0.3 is 12.3 Å². The molecule has 102 valence electrons. The quantitative estimate of drug-likeness (QED) is 0.783. The van der Waals surface area contributed by atoms with Gasteiger partial charge in [-0.3, -0.25) is 4.79 Å². The lowest BCUT2D eigenvalue weighted by Gasteiger charge is -2.27. The summed E-state index contributed by atoms with van der Waals surface area (Å²) < 4.78 is 41.6. The number of alkyl halides is 3. The predicted molar refractivity (Wildman–Crippen MR) is 57.2 cm³/mol. The molecule has 8 heteroatoms. The Morgan fingerprint density at radius 2 is 2.06 bits per heavy atom. The van der Waals surface area contributed by atoms with E-state index in [1.54, 1.807) is 6.92 Å². The van der Waals surface area contributed by atoms with Crippen LogP contribution in [0.3, 0.4) is 0 Å². The lowest BCUT2D eigenvalue weighted by atomic mass is 10.1. The van der Waals surface area contributed by atoms with Gasteiger partial charge in [0.1, 0.15) is 0 Å². The van der Waals surface area contributed by atoms with Crippen LogP contribution in [0.2, 0.25) is 0 Å². The van der Waals surface area contributed by atoms with Gasteiger partial charge in [-0.2, -0.15) is 13.2 Å². The van der Waals surface area contributed by atoms with Crippen LogP contribution in [-0.4, -0.2) is 42.6 Å². The van der Waals surface area contributed by atoms with Crippen LogP contribution in [0.25, 0.3) is 0 Å². The van der Waals surface area contributed by atoms with Crippen molar-refractivity contribution in [2.24, 2.45) is 0 Å². The number of carbonyl (C=O) groups is 2. The van der Waals surface area contributed by atoms with Crippen LogP contribution in [0.5, 0.6) is 0 Å². The Kier molecular flexibility index (Phi) is 4.61. The molecule has 4 nitrogen and oxygen atoms in total. The van der Waals surface area contributed by atoms with Gasteiger partial charge in [0.25, 0.3) is 5.78 Å². The molecule has 0 saturated carbocycles. The second-order valence-corrected chi connectivity index (χ2v) is 4.04. The Morgan fingerprint density at radius 3 is 2.56 bits per heavy atom. The van der Waals surface area contributed by atoms with Crippen molar-refractivity contribution in [2.45, 2.75) is 19.5 Å². The molecule has 0 aliphatic carbocycles. The van der Waals surface area contributed by atoms with Crippen molar-refractivity contribution in [2.75, 3.05) is 19.7 Å². The average molecular weight is 286 g/mol. The number of halogens is 4. The minimum Gasteiger partial charge on any atom is -0.450 e. The minimum atomic E-state index is -4.99. The minimum absolute atomic E-state index is 0.0114. The fraction of sp³-hybridized carbons (Fsp3) is 0.600. The Bertz CT molecular complexity index is 392. The molecular weight excluding hydrogens is 275 g/mol. The third kappa shape index (κ3) is 3.38. The summed E-state index contributed by atoms with van der Waals surface area (Å²) in [5, 5.41) is -0.155. The first-order chi connectivity index (χ1) is 8.27. The second kappa shape index (κ2) is 5.60. The highest BCUT2D eigenvalue weighted by Crippen LogP contribution is 2.29. The van der Waals surface area contributed by atoms with Crippen molar-refractivity contribution >= 4 is 23.5 Å². The van der Waals surface area contributed by atoms with Crippen LogP contribution < -0.4 is 0 Å². The number of carbonyl (C=O) groups excluding carboxylic acids is 2. The van der Waals surface area contributed by atoms with Gasteiger partial charge in [-0.15, -0.1) is 0 Å². The van der Waals surface area contributed by atoms with Gasteiger partial charge in [0, 0.05) is 23.6 Å². The smallest absolute Gasteiger partial charge is 0.450 e. The van der Waals surface area contributed by atoms with Crippen LogP contribution >= 0.6 is 11.6 Å². The van der Waals surface area contributed by atoms with E-state index >= 15 is 0 Å². The topological polar surface area (TPSA) is 46.6 Å². The maximum Gasteiger partial charge on any atom is 0.454 e. The number of hydrogen-bond donors (Lipinski definition) is 0. The first kappa shape index (κ1) is 14.8. The number of nitrogens with zero attached hydrogens (tertiary/aromatic N) is 1. The summed E-state index contributed by atoms with van der Waals surface area (Å²) in [7, 11) is 0. The Morgan fingerprint density at radius 1 is 1.44 bits per heavy atom. The van der Waals surface area contributed by atoms with E-state index in [9.17, 15) is 22.8 Å². The Labute approximate surface area is 106 Å². The zero-order valence-corrected chi connectivity index (χ0v) is 10.3. The van der Waals surface area contributed by atoms with Gasteiger partial charge in [-0.25, -0.2) is 4.79 Å². The number of Topliss-reactive ketones (excluding diaryl/α,β-unsaturated/α-hetero) is 1.